The highest BCUT2D eigenvalue weighted by molar-refractivity contribution is 5.78. The maximum absolute atomic E-state index is 10.4. The van der Waals surface area contributed by atoms with Gasteiger partial charge in [-0.2, -0.15) is 0 Å². The number of amides is 1. The summed E-state index contributed by atoms with van der Waals surface area (Å²) in [5.74, 6) is 0.139. The molecule has 46 valence electrons. The topological polar surface area (TPSA) is 55.1 Å². The van der Waals surface area contributed by atoms with Crippen molar-refractivity contribution in [3.8, 4) is 0 Å². The van der Waals surface area contributed by atoms with E-state index in [0.717, 1.165) is 6.42 Å². The molecule has 0 bridgehead atoms. The summed E-state index contributed by atoms with van der Waals surface area (Å²) in [6.45, 7) is 0.575. The van der Waals surface area contributed by atoms with Crippen LogP contribution in [0.1, 0.15) is 12.8 Å². The molecule has 0 spiro atoms. The Bertz CT molecular complexity index is 103. The minimum atomic E-state index is 0.139. The van der Waals surface area contributed by atoms with E-state index in [1.165, 1.54) is 0 Å². The molecular formula is C5H10N2O. The second-order valence-corrected chi connectivity index (χ2v) is 2.04. The molecule has 1 fully saturated rings. The molecule has 8 heavy (non-hydrogen) atoms. The largest absolute Gasteiger partial charge is 0.352 e. The molecule has 3 N–H and O–H groups in total. The van der Waals surface area contributed by atoms with Crippen molar-refractivity contribution in [1.29, 1.82) is 0 Å². The van der Waals surface area contributed by atoms with E-state index < -0.39 is 0 Å². The molecule has 0 aromatic heterocycles. The van der Waals surface area contributed by atoms with Crippen LogP contribution < -0.4 is 11.1 Å². The van der Waals surface area contributed by atoms with Crippen LogP contribution >= 0.6 is 0 Å². The highest BCUT2D eigenvalue weighted by atomic mass is 16.1. The number of carbonyl (C=O) groups is 1. The Morgan fingerprint density at radius 3 is 2.88 bits per heavy atom. The maximum Gasteiger partial charge on any atom is 0.220 e. The zero-order valence-electron chi connectivity index (χ0n) is 4.68. The van der Waals surface area contributed by atoms with E-state index in [9.17, 15) is 4.79 Å². The minimum absolute atomic E-state index is 0.139. The van der Waals surface area contributed by atoms with Crippen LogP contribution in [0.15, 0.2) is 0 Å². The molecule has 1 aliphatic rings. The van der Waals surface area contributed by atoms with Crippen molar-refractivity contribution < 1.29 is 4.79 Å². The summed E-state index contributed by atoms with van der Waals surface area (Å²) in [4.78, 5) is 10.4. The van der Waals surface area contributed by atoms with Crippen LogP contribution in [0.5, 0.6) is 0 Å². The standard InChI is InChI=1S/C5H10N2O/c6-3-4-1-2-5(8)7-4/h4H,1-3,6H2,(H,7,8). The summed E-state index contributed by atoms with van der Waals surface area (Å²) >= 11 is 0. The predicted octanol–water partition coefficient (Wildman–Crippen LogP) is -0.776. The van der Waals surface area contributed by atoms with Gasteiger partial charge in [-0.25, -0.2) is 0 Å². The van der Waals surface area contributed by atoms with Crippen molar-refractivity contribution in [2.24, 2.45) is 5.73 Å². The van der Waals surface area contributed by atoms with Gasteiger partial charge >= 0.3 is 0 Å². The summed E-state index contributed by atoms with van der Waals surface area (Å²) in [5.41, 5.74) is 5.28. The Morgan fingerprint density at radius 1 is 1.88 bits per heavy atom. The summed E-state index contributed by atoms with van der Waals surface area (Å²) in [7, 11) is 0. The van der Waals surface area contributed by atoms with Gasteiger partial charge in [0.25, 0.3) is 0 Å². The lowest BCUT2D eigenvalue weighted by Gasteiger charge is -2.02. The highest BCUT2D eigenvalue weighted by Gasteiger charge is 2.17. The fraction of sp³-hybridized carbons (Fsp3) is 0.800. The molecule has 1 heterocycles. The lowest BCUT2D eigenvalue weighted by Crippen LogP contribution is -2.32. The van der Waals surface area contributed by atoms with Gasteiger partial charge < -0.3 is 11.1 Å². The third-order valence-corrected chi connectivity index (χ3v) is 1.37. The molecule has 1 rings (SSSR count). The third kappa shape index (κ3) is 0.980. The van der Waals surface area contributed by atoms with Crippen LogP contribution in [-0.4, -0.2) is 18.5 Å². The number of rotatable bonds is 1. The van der Waals surface area contributed by atoms with Crippen LogP contribution in [0.25, 0.3) is 0 Å². The maximum atomic E-state index is 10.4. The Balaban J connectivity index is 2.32. The fourth-order valence-electron chi connectivity index (χ4n) is 0.854. The summed E-state index contributed by atoms with van der Waals surface area (Å²) in [6.07, 6.45) is 1.57. The van der Waals surface area contributed by atoms with E-state index >= 15 is 0 Å². The lowest BCUT2D eigenvalue weighted by molar-refractivity contribution is -0.119. The SMILES string of the molecule is NCC1CCC(=O)N1. The number of nitrogens with one attached hydrogen (secondary N) is 1. The lowest BCUT2D eigenvalue weighted by atomic mass is 10.2. The quantitative estimate of drug-likeness (QED) is 0.470. The first-order chi connectivity index (χ1) is 3.83. The summed E-state index contributed by atoms with van der Waals surface area (Å²) in [5, 5.41) is 2.74. The smallest absolute Gasteiger partial charge is 0.220 e. The highest BCUT2D eigenvalue weighted by Crippen LogP contribution is 2.03. The van der Waals surface area contributed by atoms with Gasteiger partial charge in [0, 0.05) is 19.0 Å². The average Bonchev–Trinajstić information content (AvgIpc) is 2.14. The molecule has 0 aromatic rings. The zero-order chi connectivity index (χ0) is 5.98. The molecule has 0 aliphatic carbocycles. The third-order valence-electron chi connectivity index (χ3n) is 1.37. The van der Waals surface area contributed by atoms with Crippen molar-refractivity contribution in [2.45, 2.75) is 18.9 Å². The molecule has 0 radical (unpaired) electrons. The molecule has 3 heteroatoms. The van der Waals surface area contributed by atoms with Gasteiger partial charge in [-0.3, -0.25) is 4.79 Å². The Labute approximate surface area is 48.2 Å². The molecule has 1 amide bonds. The Kier molecular flexibility index (Phi) is 1.48. The average molecular weight is 114 g/mol. The van der Waals surface area contributed by atoms with E-state index in [4.69, 9.17) is 5.73 Å². The van der Waals surface area contributed by atoms with Crippen molar-refractivity contribution >= 4 is 5.91 Å². The van der Waals surface area contributed by atoms with Gasteiger partial charge in [0.15, 0.2) is 0 Å². The molecule has 0 saturated carbocycles. The van der Waals surface area contributed by atoms with Crippen LogP contribution in [0, 0.1) is 0 Å². The predicted molar refractivity (Wildman–Crippen MR) is 30.2 cm³/mol. The van der Waals surface area contributed by atoms with Crippen molar-refractivity contribution in [2.75, 3.05) is 6.54 Å². The monoisotopic (exact) mass is 114 g/mol. The van der Waals surface area contributed by atoms with E-state index in [0.29, 0.717) is 13.0 Å². The van der Waals surface area contributed by atoms with E-state index in [2.05, 4.69) is 5.32 Å². The van der Waals surface area contributed by atoms with Gasteiger partial charge in [-0.05, 0) is 6.42 Å². The second-order valence-electron chi connectivity index (χ2n) is 2.04. The molecule has 1 saturated heterocycles. The number of hydrogen-bond acceptors (Lipinski definition) is 2. The first kappa shape index (κ1) is 5.56. The van der Waals surface area contributed by atoms with Crippen molar-refractivity contribution in [1.82, 2.24) is 5.32 Å². The summed E-state index contributed by atoms with van der Waals surface area (Å²) < 4.78 is 0. The molecule has 3 nitrogen and oxygen atoms in total. The molecule has 1 unspecified atom stereocenters. The van der Waals surface area contributed by atoms with Crippen LogP contribution in [0.4, 0.5) is 0 Å². The van der Waals surface area contributed by atoms with Gasteiger partial charge in [0.1, 0.15) is 0 Å². The number of carbonyl (C=O) groups excluding carboxylic acids is 1. The first-order valence-electron chi connectivity index (χ1n) is 2.82. The van der Waals surface area contributed by atoms with E-state index in [1.807, 2.05) is 0 Å². The van der Waals surface area contributed by atoms with Gasteiger partial charge in [0.2, 0.25) is 5.91 Å². The van der Waals surface area contributed by atoms with Crippen LogP contribution in [-0.2, 0) is 4.79 Å². The van der Waals surface area contributed by atoms with Crippen LogP contribution in [0.2, 0.25) is 0 Å². The first-order valence-corrected chi connectivity index (χ1v) is 2.82. The molecule has 1 aliphatic heterocycles. The Morgan fingerprint density at radius 2 is 2.62 bits per heavy atom. The number of hydrogen-bond donors (Lipinski definition) is 2. The van der Waals surface area contributed by atoms with Crippen molar-refractivity contribution in [3.63, 3.8) is 0 Å². The molecule has 0 aromatic carbocycles. The second kappa shape index (κ2) is 2.13. The van der Waals surface area contributed by atoms with Gasteiger partial charge in [-0.15, -0.1) is 0 Å². The van der Waals surface area contributed by atoms with Crippen LogP contribution in [0.3, 0.4) is 0 Å². The molecular weight excluding hydrogens is 104 g/mol. The zero-order valence-corrected chi connectivity index (χ0v) is 4.68. The van der Waals surface area contributed by atoms with Gasteiger partial charge in [0.05, 0.1) is 0 Å². The normalized spacial score (nSPS) is 28.1. The van der Waals surface area contributed by atoms with Gasteiger partial charge in [-0.1, -0.05) is 0 Å². The van der Waals surface area contributed by atoms with E-state index in [-0.39, 0.29) is 11.9 Å². The minimum Gasteiger partial charge on any atom is -0.352 e. The summed E-state index contributed by atoms with van der Waals surface area (Å²) in [6, 6.07) is 0.252. The Hall–Kier alpha value is -0.570. The number of nitrogens with two attached hydrogens (primary N) is 1. The van der Waals surface area contributed by atoms with E-state index in [1.54, 1.807) is 0 Å². The fourth-order valence-corrected chi connectivity index (χ4v) is 0.854. The van der Waals surface area contributed by atoms with Crippen molar-refractivity contribution in [3.05, 3.63) is 0 Å². The molecule has 1 atom stereocenters.